The quantitative estimate of drug-likeness (QED) is 0.720. The molecule has 0 unspecified atom stereocenters. The number of thioether (sulfide) groups is 1. The maximum absolute atomic E-state index is 12.0. The largest absolute Gasteiger partial charge is 0.351 e. The summed E-state index contributed by atoms with van der Waals surface area (Å²) in [5.74, 6) is -0.115. The molecule has 1 fully saturated rings. The Kier molecular flexibility index (Phi) is 4.27. The molecule has 2 aliphatic heterocycles. The Hall–Kier alpha value is -1.07. The monoisotopic (exact) mass is 350 g/mol. The van der Waals surface area contributed by atoms with Gasteiger partial charge in [0, 0.05) is 17.6 Å². The highest BCUT2D eigenvalue weighted by Crippen LogP contribution is 2.31. The first-order chi connectivity index (χ1) is 9.72. The molecule has 0 aliphatic carbocycles. The third-order valence-electron chi connectivity index (χ3n) is 3.38. The lowest BCUT2D eigenvalue weighted by atomic mass is 10.1. The Morgan fingerprint density at radius 2 is 2.05 bits per heavy atom. The number of rotatable bonds is 1. The van der Waals surface area contributed by atoms with Crippen LogP contribution >= 0.6 is 27.7 Å². The van der Waals surface area contributed by atoms with Gasteiger partial charge >= 0.3 is 0 Å². The van der Waals surface area contributed by atoms with Crippen LogP contribution in [0.3, 0.4) is 0 Å². The number of carbonyl (C=O) groups is 1. The van der Waals surface area contributed by atoms with Crippen LogP contribution in [0.5, 0.6) is 0 Å². The molecule has 20 heavy (non-hydrogen) atoms. The number of likely N-dealkylation sites (tertiary alicyclic amines) is 1. The summed E-state index contributed by atoms with van der Waals surface area (Å²) in [5, 5.41) is 0.871. The molecule has 0 spiro atoms. The van der Waals surface area contributed by atoms with Crippen LogP contribution in [-0.2, 0) is 4.79 Å². The minimum Gasteiger partial charge on any atom is -0.351 e. The van der Waals surface area contributed by atoms with Gasteiger partial charge in [0.25, 0.3) is 5.91 Å². The van der Waals surface area contributed by atoms with Crippen molar-refractivity contribution in [2.24, 2.45) is 4.99 Å². The molecular formula is C15H15BrN2OS. The van der Waals surface area contributed by atoms with Crippen molar-refractivity contribution in [3.05, 3.63) is 39.2 Å². The van der Waals surface area contributed by atoms with E-state index < -0.39 is 0 Å². The second-order valence-electron chi connectivity index (χ2n) is 4.91. The van der Waals surface area contributed by atoms with Gasteiger partial charge in [0.2, 0.25) is 0 Å². The Bertz CT molecular complexity index is 591. The van der Waals surface area contributed by atoms with Gasteiger partial charge in [0.05, 0.1) is 4.91 Å². The average molecular weight is 351 g/mol. The van der Waals surface area contributed by atoms with Crippen molar-refractivity contribution >= 4 is 44.8 Å². The lowest BCUT2D eigenvalue weighted by molar-refractivity contribution is -0.113. The predicted molar refractivity (Wildman–Crippen MR) is 87.6 cm³/mol. The van der Waals surface area contributed by atoms with Gasteiger partial charge < -0.3 is 4.90 Å². The van der Waals surface area contributed by atoms with Crippen molar-refractivity contribution < 1.29 is 4.79 Å². The van der Waals surface area contributed by atoms with Gasteiger partial charge in [-0.2, -0.15) is 4.99 Å². The van der Waals surface area contributed by atoms with E-state index in [2.05, 4.69) is 25.8 Å². The van der Waals surface area contributed by atoms with Gasteiger partial charge in [-0.25, -0.2) is 0 Å². The van der Waals surface area contributed by atoms with Gasteiger partial charge in [-0.1, -0.05) is 28.1 Å². The molecule has 0 N–H and O–H groups in total. The van der Waals surface area contributed by atoms with E-state index in [4.69, 9.17) is 0 Å². The van der Waals surface area contributed by atoms with Crippen molar-refractivity contribution in [1.29, 1.82) is 0 Å². The first-order valence-corrected chi connectivity index (χ1v) is 8.36. The second-order valence-corrected chi connectivity index (χ2v) is 6.84. The maximum Gasteiger partial charge on any atom is 0.286 e. The molecular weight excluding hydrogens is 336 g/mol. The van der Waals surface area contributed by atoms with Crippen LogP contribution in [0, 0.1) is 0 Å². The molecule has 0 atom stereocenters. The van der Waals surface area contributed by atoms with Crippen LogP contribution in [0.15, 0.2) is 38.6 Å². The Balaban J connectivity index is 1.76. The van der Waals surface area contributed by atoms with Crippen molar-refractivity contribution in [3.8, 4) is 0 Å². The number of aliphatic imine (C=N–C) groups is 1. The van der Waals surface area contributed by atoms with Gasteiger partial charge in [-0.15, -0.1) is 0 Å². The SMILES string of the molecule is O=C1N=C(N2CCCCC2)S/C1=C/c1cccc(Br)c1. The predicted octanol–water partition coefficient (Wildman–Crippen LogP) is 3.91. The summed E-state index contributed by atoms with van der Waals surface area (Å²) in [7, 11) is 0. The van der Waals surface area contributed by atoms with Gasteiger partial charge in [-0.3, -0.25) is 4.79 Å². The Morgan fingerprint density at radius 1 is 1.25 bits per heavy atom. The standard InChI is InChI=1S/C15H15BrN2OS/c16-12-6-4-5-11(9-12)10-13-14(19)17-15(20-13)18-7-2-1-3-8-18/h4-6,9-10H,1-3,7-8H2/b13-10+. The Labute approximate surface area is 131 Å². The van der Waals surface area contributed by atoms with Crippen molar-refractivity contribution in [1.82, 2.24) is 4.90 Å². The summed E-state index contributed by atoms with van der Waals surface area (Å²) in [6.45, 7) is 2.03. The van der Waals surface area contributed by atoms with Gasteiger partial charge in [0.1, 0.15) is 0 Å². The zero-order chi connectivity index (χ0) is 13.9. The fourth-order valence-corrected chi connectivity index (χ4v) is 3.75. The van der Waals surface area contributed by atoms with E-state index in [1.807, 2.05) is 30.3 Å². The third-order valence-corrected chi connectivity index (χ3v) is 4.92. The minimum atomic E-state index is -0.115. The molecule has 0 saturated carbocycles. The third kappa shape index (κ3) is 3.15. The molecule has 0 radical (unpaired) electrons. The summed E-state index contributed by atoms with van der Waals surface area (Å²) in [4.78, 5) is 19.1. The lowest BCUT2D eigenvalue weighted by Gasteiger charge is -2.27. The molecule has 0 aromatic heterocycles. The zero-order valence-electron chi connectivity index (χ0n) is 11.0. The molecule has 104 valence electrons. The van der Waals surface area contributed by atoms with E-state index in [9.17, 15) is 4.79 Å². The fourth-order valence-electron chi connectivity index (χ4n) is 2.37. The summed E-state index contributed by atoms with van der Waals surface area (Å²) < 4.78 is 1.01. The van der Waals surface area contributed by atoms with Gasteiger partial charge in [-0.05, 0) is 54.8 Å². The molecule has 1 saturated heterocycles. The van der Waals surface area contributed by atoms with Crippen LogP contribution in [-0.4, -0.2) is 29.1 Å². The van der Waals surface area contributed by atoms with E-state index in [0.717, 1.165) is 28.3 Å². The molecule has 5 heteroatoms. The van der Waals surface area contributed by atoms with Crippen LogP contribution in [0.2, 0.25) is 0 Å². The lowest BCUT2D eigenvalue weighted by Crippen LogP contribution is -2.33. The first kappa shape index (κ1) is 13.9. The van der Waals surface area contributed by atoms with E-state index in [1.54, 1.807) is 0 Å². The van der Waals surface area contributed by atoms with E-state index in [0.29, 0.717) is 4.91 Å². The molecule has 3 nitrogen and oxygen atoms in total. The first-order valence-electron chi connectivity index (χ1n) is 6.75. The Morgan fingerprint density at radius 3 is 2.80 bits per heavy atom. The molecule has 1 aromatic carbocycles. The molecule has 2 aliphatic rings. The number of hydrogen-bond acceptors (Lipinski definition) is 3. The number of amides is 1. The number of halogens is 1. The van der Waals surface area contributed by atoms with Crippen LogP contribution < -0.4 is 0 Å². The molecule has 1 amide bonds. The molecule has 2 heterocycles. The molecule has 1 aromatic rings. The number of piperidine rings is 1. The maximum atomic E-state index is 12.0. The average Bonchev–Trinajstić information content (AvgIpc) is 2.81. The van der Waals surface area contributed by atoms with E-state index >= 15 is 0 Å². The second kappa shape index (κ2) is 6.14. The van der Waals surface area contributed by atoms with E-state index in [-0.39, 0.29) is 5.91 Å². The zero-order valence-corrected chi connectivity index (χ0v) is 13.4. The van der Waals surface area contributed by atoms with Gasteiger partial charge in [0.15, 0.2) is 5.17 Å². The van der Waals surface area contributed by atoms with Crippen molar-refractivity contribution in [3.63, 3.8) is 0 Å². The minimum absolute atomic E-state index is 0.115. The summed E-state index contributed by atoms with van der Waals surface area (Å²) in [6.07, 6.45) is 5.58. The smallest absolute Gasteiger partial charge is 0.286 e. The highest BCUT2D eigenvalue weighted by molar-refractivity contribution is 9.10. The highest BCUT2D eigenvalue weighted by atomic mass is 79.9. The normalized spacial score (nSPS) is 21.4. The number of amidine groups is 1. The number of hydrogen-bond donors (Lipinski definition) is 0. The van der Waals surface area contributed by atoms with Crippen LogP contribution in [0.4, 0.5) is 0 Å². The summed E-state index contributed by atoms with van der Waals surface area (Å²) in [5.41, 5.74) is 1.02. The summed E-state index contributed by atoms with van der Waals surface area (Å²) >= 11 is 4.94. The van der Waals surface area contributed by atoms with Crippen LogP contribution in [0.25, 0.3) is 6.08 Å². The number of benzene rings is 1. The molecule has 0 bridgehead atoms. The van der Waals surface area contributed by atoms with Crippen LogP contribution in [0.1, 0.15) is 24.8 Å². The summed E-state index contributed by atoms with van der Waals surface area (Å²) in [6, 6.07) is 7.93. The number of carbonyl (C=O) groups excluding carboxylic acids is 1. The van der Waals surface area contributed by atoms with Crippen molar-refractivity contribution in [2.45, 2.75) is 19.3 Å². The fraction of sp³-hybridized carbons (Fsp3) is 0.333. The van der Waals surface area contributed by atoms with E-state index in [1.165, 1.54) is 31.0 Å². The molecule has 3 rings (SSSR count). The topological polar surface area (TPSA) is 32.7 Å². The highest BCUT2D eigenvalue weighted by Gasteiger charge is 2.26. The number of nitrogens with zero attached hydrogens (tertiary/aromatic N) is 2. The van der Waals surface area contributed by atoms with Crippen molar-refractivity contribution in [2.75, 3.05) is 13.1 Å².